The van der Waals surface area contributed by atoms with Crippen molar-refractivity contribution < 1.29 is 14.3 Å². The van der Waals surface area contributed by atoms with Crippen LogP contribution in [0.25, 0.3) is 0 Å². The van der Waals surface area contributed by atoms with E-state index in [0.717, 1.165) is 24.3 Å². The van der Waals surface area contributed by atoms with E-state index in [1.807, 2.05) is 18.2 Å². The molecule has 2 aromatic rings. The number of fused-ring (bicyclic) bond motifs is 1. The van der Waals surface area contributed by atoms with Gasteiger partial charge in [0.2, 0.25) is 5.13 Å². The van der Waals surface area contributed by atoms with Crippen molar-refractivity contribution in [2.24, 2.45) is 0 Å². The summed E-state index contributed by atoms with van der Waals surface area (Å²) in [7, 11) is 1.37. The number of carbonyl (C=O) groups excluding carboxylic acids is 2. The summed E-state index contributed by atoms with van der Waals surface area (Å²) >= 11 is 1.33. The Morgan fingerprint density at radius 3 is 2.92 bits per heavy atom. The van der Waals surface area contributed by atoms with Gasteiger partial charge in [-0.25, -0.2) is 0 Å². The van der Waals surface area contributed by atoms with Crippen molar-refractivity contribution in [2.75, 3.05) is 12.4 Å². The van der Waals surface area contributed by atoms with Crippen LogP contribution >= 0.6 is 11.3 Å². The molecule has 1 aromatic heterocycles. The maximum absolute atomic E-state index is 12.3. The zero-order valence-electron chi connectivity index (χ0n) is 13.5. The molecular formula is C17H19N3O3S. The van der Waals surface area contributed by atoms with E-state index in [-0.39, 0.29) is 11.9 Å². The topological polar surface area (TPSA) is 81.2 Å². The second kappa shape index (κ2) is 7.53. The van der Waals surface area contributed by atoms with Gasteiger partial charge in [0, 0.05) is 18.4 Å². The van der Waals surface area contributed by atoms with Crippen LogP contribution in [-0.2, 0) is 28.8 Å². The van der Waals surface area contributed by atoms with E-state index in [2.05, 4.69) is 20.3 Å². The summed E-state index contributed by atoms with van der Waals surface area (Å²) in [5.41, 5.74) is 3.26. The van der Waals surface area contributed by atoms with Gasteiger partial charge in [0.05, 0.1) is 7.11 Å². The molecule has 0 spiro atoms. The Bertz CT molecular complexity index is 757. The van der Waals surface area contributed by atoms with Gasteiger partial charge in [0.25, 0.3) is 5.91 Å². The second-order valence-electron chi connectivity index (χ2n) is 5.72. The first-order valence-electron chi connectivity index (χ1n) is 7.98. The summed E-state index contributed by atoms with van der Waals surface area (Å²) in [4.78, 5) is 23.4. The van der Waals surface area contributed by atoms with Crippen molar-refractivity contribution in [3.05, 3.63) is 39.9 Å². The predicted molar refractivity (Wildman–Crippen MR) is 91.3 cm³/mol. The van der Waals surface area contributed by atoms with Gasteiger partial charge in [-0.05, 0) is 48.9 Å². The van der Waals surface area contributed by atoms with E-state index in [1.54, 1.807) is 0 Å². The molecule has 0 radical (unpaired) electrons. The van der Waals surface area contributed by atoms with Crippen LogP contribution in [0.2, 0.25) is 0 Å². The highest BCUT2D eigenvalue weighted by Crippen LogP contribution is 2.24. The third-order valence-electron chi connectivity index (χ3n) is 4.05. The fourth-order valence-corrected chi connectivity index (χ4v) is 3.55. The lowest BCUT2D eigenvalue weighted by molar-refractivity contribution is -0.140. The number of aryl methyl sites for hydroxylation is 3. The molecule has 1 aliphatic rings. The Kier molecular flexibility index (Phi) is 5.20. The molecule has 0 bridgehead atoms. The van der Waals surface area contributed by atoms with Gasteiger partial charge in [-0.3, -0.25) is 14.9 Å². The Labute approximate surface area is 144 Å². The Morgan fingerprint density at radius 2 is 2.08 bits per heavy atom. The van der Waals surface area contributed by atoms with E-state index < -0.39 is 0 Å². The van der Waals surface area contributed by atoms with Gasteiger partial charge >= 0.3 is 5.97 Å². The summed E-state index contributed by atoms with van der Waals surface area (Å²) in [5.74, 6) is -0.397. The van der Waals surface area contributed by atoms with Gasteiger partial charge in [-0.1, -0.05) is 17.4 Å². The van der Waals surface area contributed by atoms with Crippen molar-refractivity contribution in [1.82, 2.24) is 10.2 Å². The van der Waals surface area contributed by atoms with Crippen molar-refractivity contribution in [3.8, 4) is 0 Å². The minimum atomic E-state index is -0.232. The van der Waals surface area contributed by atoms with E-state index in [9.17, 15) is 9.59 Å². The number of aromatic nitrogens is 2. The monoisotopic (exact) mass is 345 g/mol. The fraction of sp³-hybridized carbons (Fsp3) is 0.412. The minimum absolute atomic E-state index is 0.165. The third-order valence-corrected chi connectivity index (χ3v) is 4.95. The average molecular weight is 345 g/mol. The molecule has 1 aliphatic carbocycles. The molecule has 1 amide bonds. The highest BCUT2D eigenvalue weighted by atomic mass is 32.1. The normalized spacial score (nSPS) is 12.7. The molecular weight excluding hydrogens is 326 g/mol. The number of carbonyl (C=O) groups is 2. The Balaban J connectivity index is 1.56. The quantitative estimate of drug-likeness (QED) is 0.814. The first kappa shape index (κ1) is 16.6. The number of hydrogen-bond acceptors (Lipinski definition) is 6. The number of ether oxygens (including phenoxy) is 1. The number of amides is 1. The Hall–Kier alpha value is -2.28. The summed E-state index contributed by atoms with van der Waals surface area (Å²) in [6.45, 7) is 0. The SMILES string of the molecule is COC(=O)CCCc1nnc(NC(=O)c2ccc3c(c2)CCC3)s1. The predicted octanol–water partition coefficient (Wildman–Crippen LogP) is 2.77. The fourth-order valence-electron chi connectivity index (χ4n) is 2.77. The second-order valence-corrected chi connectivity index (χ2v) is 6.78. The highest BCUT2D eigenvalue weighted by molar-refractivity contribution is 7.15. The van der Waals surface area contributed by atoms with Crippen molar-refractivity contribution in [2.45, 2.75) is 38.5 Å². The summed E-state index contributed by atoms with van der Waals surface area (Å²) < 4.78 is 4.60. The lowest BCUT2D eigenvalue weighted by Gasteiger charge is -2.04. The van der Waals surface area contributed by atoms with Crippen LogP contribution in [0.4, 0.5) is 5.13 Å². The molecule has 126 valence electrons. The van der Waals surface area contributed by atoms with Crippen molar-refractivity contribution >= 4 is 28.3 Å². The van der Waals surface area contributed by atoms with Crippen LogP contribution in [-0.4, -0.2) is 29.2 Å². The van der Waals surface area contributed by atoms with E-state index in [0.29, 0.717) is 30.0 Å². The first-order valence-corrected chi connectivity index (χ1v) is 8.79. The number of nitrogens with one attached hydrogen (secondary N) is 1. The van der Waals surface area contributed by atoms with Crippen LogP contribution < -0.4 is 5.32 Å². The van der Waals surface area contributed by atoms with E-state index in [4.69, 9.17) is 0 Å². The lowest BCUT2D eigenvalue weighted by atomic mass is 10.1. The molecule has 24 heavy (non-hydrogen) atoms. The van der Waals surface area contributed by atoms with Crippen LogP contribution in [0, 0.1) is 0 Å². The molecule has 0 atom stereocenters. The van der Waals surface area contributed by atoms with Crippen LogP contribution in [0.3, 0.4) is 0 Å². The van der Waals surface area contributed by atoms with Gasteiger partial charge in [0.1, 0.15) is 5.01 Å². The number of anilines is 1. The number of esters is 1. The molecule has 3 rings (SSSR count). The summed E-state index contributed by atoms with van der Waals surface area (Å²) in [6, 6.07) is 5.86. The average Bonchev–Trinajstić information content (AvgIpc) is 3.23. The minimum Gasteiger partial charge on any atom is -0.469 e. The standard InChI is InChI=1S/C17H19N3O3S/c1-23-15(21)7-3-6-14-19-20-17(24-14)18-16(22)13-9-8-11-4-2-5-12(11)10-13/h8-10H,2-7H2,1H3,(H,18,20,22). The summed E-state index contributed by atoms with van der Waals surface area (Å²) in [6.07, 6.45) is 4.95. The largest absolute Gasteiger partial charge is 0.469 e. The van der Waals surface area contributed by atoms with E-state index >= 15 is 0 Å². The van der Waals surface area contributed by atoms with Gasteiger partial charge in [-0.15, -0.1) is 10.2 Å². The molecule has 0 fully saturated rings. The smallest absolute Gasteiger partial charge is 0.305 e. The number of methoxy groups -OCH3 is 1. The van der Waals surface area contributed by atoms with Gasteiger partial charge < -0.3 is 4.74 Å². The zero-order chi connectivity index (χ0) is 16.9. The molecule has 0 saturated carbocycles. The Morgan fingerprint density at radius 1 is 1.25 bits per heavy atom. The number of benzene rings is 1. The maximum Gasteiger partial charge on any atom is 0.305 e. The molecule has 1 heterocycles. The van der Waals surface area contributed by atoms with Crippen molar-refractivity contribution in [3.63, 3.8) is 0 Å². The molecule has 6 nitrogen and oxygen atoms in total. The van der Waals surface area contributed by atoms with E-state index in [1.165, 1.54) is 29.6 Å². The first-order chi connectivity index (χ1) is 11.7. The van der Waals surface area contributed by atoms with Crippen LogP contribution in [0.5, 0.6) is 0 Å². The molecule has 1 aromatic carbocycles. The zero-order valence-corrected chi connectivity index (χ0v) is 14.3. The van der Waals surface area contributed by atoms with Gasteiger partial charge in [0.15, 0.2) is 0 Å². The summed E-state index contributed by atoms with van der Waals surface area (Å²) in [5, 5.41) is 12.1. The molecule has 1 N–H and O–H groups in total. The molecule has 0 saturated heterocycles. The third kappa shape index (κ3) is 3.97. The van der Waals surface area contributed by atoms with Crippen LogP contribution in [0.1, 0.15) is 45.8 Å². The van der Waals surface area contributed by atoms with Gasteiger partial charge in [-0.2, -0.15) is 0 Å². The number of nitrogens with zero attached hydrogens (tertiary/aromatic N) is 2. The maximum atomic E-state index is 12.3. The molecule has 0 unspecified atom stereocenters. The molecule has 7 heteroatoms. The van der Waals surface area contributed by atoms with Crippen LogP contribution in [0.15, 0.2) is 18.2 Å². The van der Waals surface area contributed by atoms with Crippen molar-refractivity contribution in [1.29, 1.82) is 0 Å². The highest BCUT2D eigenvalue weighted by Gasteiger charge is 2.15. The number of rotatable bonds is 6. The number of hydrogen-bond donors (Lipinski definition) is 1. The molecule has 0 aliphatic heterocycles. The lowest BCUT2D eigenvalue weighted by Crippen LogP contribution is -2.12.